The van der Waals surface area contributed by atoms with Gasteiger partial charge < -0.3 is 4.57 Å². The Hall–Kier alpha value is -2.94. The highest BCUT2D eigenvalue weighted by molar-refractivity contribution is 6.01. The third-order valence-electron chi connectivity index (χ3n) is 6.26. The molecule has 28 heavy (non-hydrogen) atoms. The minimum Gasteiger partial charge on any atom is -0.323 e. The van der Waals surface area contributed by atoms with Crippen LogP contribution in [0.3, 0.4) is 0 Å². The van der Waals surface area contributed by atoms with Gasteiger partial charge in [0, 0.05) is 12.0 Å². The van der Waals surface area contributed by atoms with Crippen molar-refractivity contribution in [3.63, 3.8) is 0 Å². The Morgan fingerprint density at radius 1 is 1.07 bits per heavy atom. The first kappa shape index (κ1) is 17.2. The predicted molar refractivity (Wildman–Crippen MR) is 112 cm³/mol. The van der Waals surface area contributed by atoms with E-state index in [9.17, 15) is 4.79 Å². The molecule has 2 aromatic carbocycles. The predicted octanol–water partition coefficient (Wildman–Crippen LogP) is 5.52. The number of carbonyl (C=O) groups is 1. The van der Waals surface area contributed by atoms with Gasteiger partial charge in [0.25, 0.3) is 0 Å². The Morgan fingerprint density at radius 3 is 2.68 bits per heavy atom. The van der Waals surface area contributed by atoms with E-state index in [0.29, 0.717) is 6.42 Å². The minimum atomic E-state index is 0.00318. The van der Waals surface area contributed by atoms with Gasteiger partial charge in [0.1, 0.15) is 0 Å². The van der Waals surface area contributed by atoms with Gasteiger partial charge in [-0.3, -0.25) is 4.79 Å². The number of allylic oxidation sites excluding steroid dienone is 2. The van der Waals surface area contributed by atoms with E-state index in [1.807, 2.05) is 24.7 Å². The van der Waals surface area contributed by atoms with Crippen molar-refractivity contribution < 1.29 is 4.79 Å². The fourth-order valence-electron chi connectivity index (χ4n) is 4.80. The second kappa shape index (κ2) is 6.90. The summed E-state index contributed by atoms with van der Waals surface area (Å²) in [6.45, 7) is 2.14. The van der Waals surface area contributed by atoms with E-state index in [4.69, 9.17) is 0 Å². The van der Waals surface area contributed by atoms with E-state index >= 15 is 0 Å². The molecular weight excluding hydrogens is 344 g/mol. The summed E-state index contributed by atoms with van der Waals surface area (Å²) in [4.78, 5) is 17.6. The van der Waals surface area contributed by atoms with E-state index in [1.54, 1.807) is 0 Å². The van der Waals surface area contributed by atoms with Crippen LogP contribution in [0.15, 0.2) is 61.1 Å². The molecule has 0 saturated carbocycles. The Bertz CT molecular complexity index is 1070. The molecular formula is C25H24N2O. The summed E-state index contributed by atoms with van der Waals surface area (Å²) in [5, 5.41) is 0. The molecule has 0 saturated heterocycles. The average molecular weight is 368 g/mol. The Balaban J connectivity index is 1.49. The minimum absolute atomic E-state index is 0.00318. The summed E-state index contributed by atoms with van der Waals surface area (Å²) >= 11 is 0. The quantitative estimate of drug-likeness (QED) is 0.568. The number of aryl methyl sites for hydroxylation is 2. The van der Waals surface area contributed by atoms with Crippen LogP contribution in [-0.2, 0) is 12.8 Å². The molecule has 3 nitrogen and oxygen atoms in total. The number of benzene rings is 2. The number of hydrogen-bond donors (Lipinski definition) is 0. The largest absolute Gasteiger partial charge is 0.323 e. The highest BCUT2D eigenvalue weighted by Gasteiger charge is 2.31. The zero-order valence-electron chi connectivity index (χ0n) is 16.2. The molecule has 0 bridgehead atoms. The van der Waals surface area contributed by atoms with Gasteiger partial charge in [-0.15, -0.1) is 0 Å². The average Bonchev–Trinajstić information content (AvgIpc) is 3.31. The van der Waals surface area contributed by atoms with E-state index in [1.165, 1.54) is 40.7 Å². The Labute approximate surface area is 165 Å². The van der Waals surface area contributed by atoms with Crippen molar-refractivity contribution in [2.24, 2.45) is 0 Å². The van der Waals surface area contributed by atoms with Crippen LogP contribution in [0.5, 0.6) is 0 Å². The lowest BCUT2D eigenvalue weighted by Gasteiger charge is -2.19. The summed E-state index contributed by atoms with van der Waals surface area (Å²) in [5.41, 5.74) is 8.38. The van der Waals surface area contributed by atoms with Crippen molar-refractivity contribution in [2.75, 3.05) is 0 Å². The molecule has 0 spiro atoms. The lowest BCUT2D eigenvalue weighted by Crippen LogP contribution is -2.14. The maximum absolute atomic E-state index is 13.2. The molecule has 1 aromatic heterocycles. The van der Waals surface area contributed by atoms with Crippen LogP contribution < -0.4 is 0 Å². The summed E-state index contributed by atoms with van der Waals surface area (Å²) in [6, 6.07) is 16.7. The van der Waals surface area contributed by atoms with Crippen LogP contribution >= 0.6 is 0 Å². The first-order valence-electron chi connectivity index (χ1n) is 10.2. The van der Waals surface area contributed by atoms with Crippen LogP contribution in [0.25, 0.3) is 11.1 Å². The van der Waals surface area contributed by atoms with Crippen molar-refractivity contribution >= 4 is 16.9 Å². The molecule has 1 aliphatic carbocycles. The lowest BCUT2D eigenvalue weighted by molar-refractivity contribution is 0.0972. The van der Waals surface area contributed by atoms with Crippen molar-refractivity contribution in [3.8, 4) is 0 Å². The standard InChI is InChI=1S/C25H24N2O/c1-17-23-15-26-16-27(23)22(25(17)19-8-3-2-4-9-19)14-24(28)21-12-11-18-7-5-6-10-20(18)13-21/h2-4,8-9,11-13,15-16,22H,5-7,10,14H2,1H3. The number of nitrogens with zero attached hydrogens (tertiary/aromatic N) is 2. The van der Waals surface area contributed by atoms with Gasteiger partial charge in [0.05, 0.1) is 24.3 Å². The normalized spacial score (nSPS) is 18.1. The highest BCUT2D eigenvalue weighted by Crippen LogP contribution is 2.44. The fourth-order valence-corrected chi connectivity index (χ4v) is 4.80. The molecule has 0 amide bonds. The topological polar surface area (TPSA) is 34.9 Å². The molecule has 0 radical (unpaired) electrons. The van der Waals surface area contributed by atoms with Gasteiger partial charge in [0.15, 0.2) is 5.78 Å². The lowest BCUT2D eigenvalue weighted by atomic mass is 9.88. The SMILES string of the molecule is CC1=C(c2ccccc2)C(CC(=O)c2ccc3c(c2)CCCC3)n2cncc21. The Morgan fingerprint density at radius 2 is 1.86 bits per heavy atom. The van der Waals surface area contributed by atoms with Crippen molar-refractivity contribution in [1.29, 1.82) is 0 Å². The first-order valence-corrected chi connectivity index (χ1v) is 10.2. The van der Waals surface area contributed by atoms with Crippen LogP contribution in [0, 0.1) is 0 Å². The second-order valence-corrected chi connectivity index (χ2v) is 7.92. The molecule has 0 fully saturated rings. The van der Waals surface area contributed by atoms with Crippen molar-refractivity contribution in [1.82, 2.24) is 9.55 Å². The van der Waals surface area contributed by atoms with Crippen molar-refractivity contribution in [2.45, 2.75) is 45.1 Å². The first-order chi connectivity index (χ1) is 13.7. The maximum atomic E-state index is 13.2. The van der Waals surface area contributed by atoms with Gasteiger partial charge >= 0.3 is 0 Å². The molecule has 2 heterocycles. The third-order valence-corrected chi connectivity index (χ3v) is 6.26. The van der Waals surface area contributed by atoms with Crippen LogP contribution in [0.1, 0.15) is 65.0 Å². The number of Topliss-reactive ketones (excluding diaryl/α,β-unsaturated/α-hetero) is 1. The molecule has 0 N–H and O–H groups in total. The smallest absolute Gasteiger partial charge is 0.165 e. The third kappa shape index (κ3) is 2.82. The molecule has 2 aliphatic rings. The summed E-state index contributed by atoms with van der Waals surface area (Å²) in [6.07, 6.45) is 8.96. The maximum Gasteiger partial charge on any atom is 0.165 e. The summed E-state index contributed by atoms with van der Waals surface area (Å²) in [7, 11) is 0. The van der Waals surface area contributed by atoms with E-state index < -0.39 is 0 Å². The highest BCUT2D eigenvalue weighted by atomic mass is 16.1. The second-order valence-electron chi connectivity index (χ2n) is 7.92. The van der Waals surface area contributed by atoms with Crippen molar-refractivity contribution in [3.05, 3.63) is 89.0 Å². The Kier molecular flexibility index (Phi) is 4.23. The summed E-state index contributed by atoms with van der Waals surface area (Å²) < 4.78 is 2.16. The molecule has 3 aromatic rings. The van der Waals surface area contributed by atoms with E-state index in [2.05, 4.69) is 52.9 Å². The van der Waals surface area contributed by atoms with E-state index in [0.717, 1.165) is 24.1 Å². The molecule has 140 valence electrons. The molecule has 1 atom stereocenters. The molecule has 1 aliphatic heterocycles. The zero-order valence-corrected chi connectivity index (χ0v) is 16.2. The van der Waals surface area contributed by atoms with Gasteiger partial charge in [0.2, 0.25) is 0 Å². The fraction of sp³-hybridized carbons (Fsp3) is 0.280. The number of hydrogen-bond acceptors (Lipinski definition) is 2. The number of rotatable bonds is 4. The monoisotopic (exact) mass is 368 g/mol. The number of imidazole rings is 1. The van der Waals surface area contributed by atoms with Crippen LogP contribution in [-0.4, -0.2) is 15.3 Å². The van der Waals surface area contributed by atoms with Gasteiger partial charge in [-0.1, -0.05) is 42.5 Å². The van der Waals surface area contributed by atoms with Gasteiger partial charge in [-0.2, -0.15) is 0 Å². The van der Waals surface area contributed by atoms with Gasteiger partial charge in [-0.05, 0) is 66.5 Å². The van der Waals surface area contributed by atoms with Crippen LogP contribution in [0.2, 0.25) is 0 Å². The van der Waals surface area contributed by atoms with Gasteiger partial charge in [-0.25, -0.2) is 4.98 Å². The number of fused-ring (bicyclic) bond motifs is 2. The number of aromatic nitrogens is 2. The molecule has 1 unspecified atom stereocenters. The molecule has 5 rings (SSSR count). The number of carbonyl (C=O) groups excluding carboxylic acids is 1. The number of ketones is 1. The van der Waals surface area contributed by atoms with Crippen LogP contribution in [0.4, 0.5) is 0 Å². The van der Waals surface area contributed by atoms with E-state index in [-0.39, 0.29) is 11.8 Å². The zero-order chi connectivity index (χ0) is 19.1. The summed E-state index contributed by atoms with van der Waals surface area (Å²) in [5.74, 6) is 0.209. The molecule has 3 heteroatoms.